The summed E-state index contributed by atoms with van der Waals surface area (Å²) < 4.78 is 11.4. The van der Waals surface area contributed by atoms with Gasteiger partial charge in [0.1, 0.15) is 11.5 Å². The number of halogens is 1. The summed E-state index contributed by atoms with van der Waals surface area (Å²) in [6.45, 7) is 2.47. The van der Waals surface area contributed by atoms with Gasteiger partial charge in [-0.3, -0.25) is 14.9 Å². The molecule has 33 heavy (non-hydrogen) atoms. The average molecular weight is 528 g/mol. The number of nitrogens with one attached hydrogen (secondary N) is 3. The van der Waals surface area contributed by atoms with E-state index >= 15 is 0 Å². The highest BCUT2D eigenvalue weighted by atomic mass is 79.9. The number of benzene rings is 3. The van der Waals surface area contributed by atoms with E-state index in [1.165, 1.54) is 7.11 Å². The van der Waals surface area contributed by atoms with Crippen molar-refractivity contribution < 1.29 is 19.1 Å². The molecule has 0 radical (unpaired) electrons. The van der Waals surface area contributed by atoms with E-state index in [1.807, 2.05) is 6.92 Å². The summed E-state index contributed by atoms with van der Waals surface area (Å²) in [7, 11) is 1.48. The minimum absolute atomic E-state index is 0.0448. The predicted octanol–water partition coefficient (Wildman–Crippen LogP) is 5.24. The number of anilines is 2. The molecule has 0 bridgehead atoms. The number of hydrogen-bond acceptors (Lipinski definition) is 5. The first-order valence-electron chi connectivity index (χ1n) is 10.0. The van der Waals surface area contributed by atoms with Gasteiger partial charge < -0.3 is 20.1 Å². The Morgan fingerprint density at radius 3 is 2.36 bits per heavy atom. The zero-order chi connectivity index (χ0) is 23.8. The third kappa shape index (κ3) is 6.53. The molecule has 3 rings (SSSR count). The van der Waals surface area contributed by atoms with Crippen LogP contribution in [0.25, 0.3) is 0 Å². The first kappa shape index (κ1) is 24.2. The van der Waals surface area contributed by atoms with Gasteiger partial charge in [0.2, 0.25) is 0 Å². The van der Waals surface area contributed by atoms with Gasteiger partial charge in [-0.05, 0) is 73.7 Å². The molecule has 0 fully saturated rings. The minimum atomic E-state index is -0.443. The van der Waals surface area contributed by atoms with Gasteiger partial charge >= 0.3 is 0 Å². The molecule has 0 aliphatic rings. The van der Waals surface area contributed by atoms with Crippen molar-refractivity contribution in [1.29, 1.82) is 0 Å². The van der Waals surface area contributed by atoms with Gasteiger partial charge in [0.25, 0.3) is 11.8 Å². The molecule has 7 nitrogen and oxygen atoms in total. The summed E-state index contributed by atoms with van der Waals surface area (Å²) >= 11 is 8.64. The van der Waals surface area contributed by atoms with Crippen molar-refractivity contribution in [1.82, 2.24) is 5.32 Å². The number of hydrogen-bond donors (Lipinski definition) is 3. The molecule has 3 aromatic carbocycles. The summed E-state index contributed by atoms with van der Waals surface area (Å²) in [5.74, 6) is 0.362. The Hall–Kier alpha value is -3.43. The van der Waals surface area contributed by atoms with Crippen LogP contribution in [0.1, 0.15) is 27.6 Å². The normalized spacial score (nSPS) is 10.2. The van der Waals surface area contributed by atoms with E-state index in [1.54, 1.807) is 66.7 Å². The molecule has 0 aliphatic carbocycles. The second-order valence-electron chi connectivity index (χ2n) is 6.71. The topological polar surface area (TPSA) is 88.7 Å². The van der Waals surface area contributed by atoms with Gasteiger partial charge in [-0.2, -0.15) is 0 Å². The maximum atomic E-state index is 12.9. The van der Waals surface area contributed by atoms with Crippen LogP contribution >= 0.6 is 28.1 Å². The van der Waals surface area contributed by atoms with Gasteiger partial charge in [0, 0.05) is 10.2 Å². The molecule has 170 valence electrons. The first-order chi connectivity index (χ1) is 15.9. The van der Waals surface area contributed by atoms with E-state index in [0.29, 0.717) is 34.9 Å². The van der Waals surface area contributed by atoms with E-state index in [9.17, 15) is 9.59 Å². The van der Waals surface area contributed by atoms with Crippen LogP contribution in [0.2, 0.25) is 0 Å². The number of thiocarbonyl (C=S) groups is 1. The molecule has 0 aliphatic heterocycles. The second kappa shape index (κ2) is 11.4. The van der Waals surface area contributed by atoms with Crippen LogP contribution in [0.4, 0.5) is 11.4 Å². The molecule has 3 N–H and O–H groups in total. The maximum Gasteiger partial charge on any atom is 0.261 e. The van der Waals surface area contributed by atoms with Gasteiger partial charge in [0.15, 0.2) is 5.11 Å². The molecule has 0 saturated carbocycles. The van der Waals surface area contributed by atoms with Crippen molar-refractivity contribution in [3.63, 3.8) is 0 Å². The fraction of sp³-hybridized carbons (Fsp3) is 0.125. The third-order valence-corrected chi connectivity index (χ3v) is 5.17. The molecule has 2 amide bonds. The highest BCUT2D eigenvalue weighted by Crippen LogP contribution is 2.23. The quantitative estimate of drug-likeness (QED) is 0.364. The largest absolute Gasteiger partial charge is 0.496 e. The van der Waals surface area contributed by atoms with E-state index in [0.717, 1.165) is 10.2 Å². The molecule has 9 heteroatoms. The lowest BCUT2D eigenvalue weighted by atomic mass is 10.1. The summed E-state index contributed by atoms with van der Waals surface area (Å²) in [5, 5.41) is 8.42. The average Bonchev–Trinajstić information content (AvgIpc) is 2.80. The van der Waals surface area contributed by atoms with E-state index in [2.05, 4.69) is 31.9 Å². The van der Waals surface area contributed by atoms with Crippen molar-refractivity contribution >= 4 is 56.4 Å². The van der Waals surface area contributed by atoms with Crippen LogP contribution in [0.3, 0.4) is 0 Å². The smallest absolute Gasteiger partial charge is 0.261 e. The lowest BCUT2D eigenvalue weighted by molar-refractivity contribution is 0.0973. The Morgan fingerprint density at radius 2 is 1.67 bits per heavy atom. The summed E-state index contributed by atoms with van der Waals surface area (Å²) in [6.07, 6.45) is 0. The van der Waals surface area contributed by atoms with Crippen LogP contribution < -0.4 is 25.4 Å². The van der Waals surface area contributed by atoms with Crippen molar-refractivity contribution in [3.05, 3.63) is 82.3 Å². The molecule has 0 saturated heterocycles. The van der Waals surface area contributed by atoms with Crippen LogP contribution in [-0.2, 0) is 0 Å². The molecule has 0 aromatic heterocycles. The van der Waals surface area contributed by atoms with Crippen molar-refractivity contribution in [2.45, 2.75) is 6.92 Å². The van der Waals surface area contributed by atoms with E-state index in [4.69, 9.17) is 21.7 Å². The predicted molar refractivity (Wildman–Crippen MR) is 136 cm³/mol. The Bertz CT molecular complexity index is 1170. The number of amides is 2. The van der Waals surface area contributed by atoms with Crippen molar-refractivity contribution in [2.24, 2.45) is 0 Å². The number of ether oxygens (including phenoxy) is 2. The number of carbonyl (C=O) groups excluding carboxylic acids is 2. The van der Waals surface area contributed by atoms with Gasteiger partial charge in [-0.1, -0.05) is 28.1 Å². The Labute approximate surface area is 205 Å². The lowest BCUT2D eigenvalue weighted by Crippen LogP contribution is -2.34. The van der Waals surface area contributed by atoms with Gasteiger partial charge in [0.05, 0.1) is 30.5 Å². The second-order valence-corrected chi connectivity index (χ2v) is 8.03. The molecule has 0 atom stereocenters. The number of carbonyl (C=O) groups is 2. The highest BCUT2D eigenvalue weighted by molar-refractivity contribution is 9.10. The monoisotopic (exact) mass is 527 g/mol. The molecule has 0 heterocycles. The van der Waals surface area contributed by atoms with Crippen LogP contribution in [0.5, 0.6) is 11.5 Å². The van der Waals surface area contributed by atoms with Gasteiger partial charge in [-0.25, -0.2) is 0 Å². The van der Waals surface area contributed by atoms with E-state index < -0.39 is 5.91 Å². The Morgan fingerprint density at radius 1 is 0.939 bits per heavy atom. The zero-order valence-electron chi connectivity index (χ0n) is 18.0. The molecule has 0 spiro atoms. The van der Waals surface area contributed by atoms with Crippen LogP contribution in [-0.4, -0.2) is 30.6 Å². The first-order valence-corrected chi connectivity index (χ1v) is 11.2. The van der Waals surface area contributed by atoms with Crippen molar-refractivity contribution in [3.8, 4) is 11.5 Å². The summed E-state index contributed by atoms with van der Waals surface area (Å²) in [4.78, 5) is 25.5. The summed E-state index contributed by atoms with van der Waals surface area (Å²) in [6, 6.07) is 19.0. The standard InChI is InChI=1S/C24H22BrN3O4S/c1-3-32-17-11-9-16(10-12-17)26-22(29)18-6-4-5-7-20(18)27-24(33)28-23(30)19-14-15(25)8-13-21(19)31-2/h4-14H,3H2,1-2H3,(H,26,29)(H2,27,28,30,33). The molecule has 0 unspecified atom stereocenters. The molecular formula is C24H22BrN3O4S. The SMILES string of the molecule is CCOc1ccc(NC(=O)c2ccccc2NC(=S)NC(=O)c2cc(Br)ccc2OC)cc1. The Balaban J connectivity index is 1.69. The van der Waals surface area contributed by atoms with Crippen molar-refractivity contribution in [2.75, 3.05) is 24.4 Å². The fourth-order valence-electron chi connectivity index (χ4n) is 2.97. The molecular weight excluding hydrogens is 506 g/mol. The van der Waals surface area contributed by atoms with Crippen LogP contribution in [0, 0.1) is 0 Å². The summed E-state index contributed by atoms with van der Waals surface area (Å²) in [5.41, 5.74) is 1.75. The molecule has 3 aromatic rings. The minimum Gasteiger partial charge on any atom is -0.496 e. The highest BCUT2D eigenvalue weighted by Gasteiger charge is 2.16. The fourth-order valence-corrected chi connectivity index (χ4v) is 3.54. The van der Waals surface area contributed by atoms with Crippen LogP contribution in [0.15, 0.2) is 71.2 Å². The third-order valence-electron chi connectivity index (χ3n) is 4.48. The van der Waals surface area contributed by atoms with E-state index in [-0.39, 0.29) is 11.0 Å². The van der Waals surface area contributed by atoms with Gasteiger partial charge in [-0.15, -0.1) is 0 Å². The number of methoxy groups -OCH3 is 1. The lowest BCUT2D eigenvalue weighted by Gasteiger charge is -2.15. The number of para-hydroxylation sites is 1. The zero-order valence-corrected chi connectivity index (χ0v) is 20.4. The Kier molecular flexibility index (Phi) is 8.39. The maximum absolute atomic E-state index is 12.9. The number of rotatable bonds is 7.